The lowest BCUT2D eigenvalue weighted by molar-refractivity contribution is -0.143. The molecule has 0 N–H and O–H groups in total. The fourth-order valence-electron chi connectivity index (χ4n) is 4.27. The number of aryl methyl sites for hydroxylation is 1. The zero-order valence-electron chi connectivity index (χ0n) is 17.4. The first-order valence-electron chi connectivity index (χ1n) is 10.2. The molecule has 2 aromatic carbocycles. The van der Waals surface area contributed by atoms with Crippen molar-refractivity contribution in [1.82, 2.24) is 4.90 Å². The number of carbonyl (C=O) groups excluding carboxylic acids is 2. The van der Waals surface area contributed by atoms with Crippen molar-refractivity contribution in [3.05, 3.63) is 64.2 Å². The predicted molar refractivity (Wildman–Crippen MR) is 105 cm³/mol. The van der Waals surface area contributed by atoms with E-state index in [0.717, 1.165) is 5.56 Å². The third-order valence-electron chi connectivity index (χ3n) is 6.04. The molecule has 10 heteroatoms. The smallest absolute Gasteiger partial charge is 0.416 e. The number of hydrogen-bond donors (Lipinski definition) is 0. The van der Waals surface area contributed by atoms with Gasteiger partial charge in [0.15, 0.2) is 5.78 Å². The molecule has 1 saturated heterocycles. The van der Waals surface area contributed by atoms with E-state index in [2.05, 4.69) is 0 Å². The minimum absolute atomic E-state index is 0.0113. The van der Waals surface area contributed by atoms with E-state index >= 15 is 0 Å². The number of halogens is 6. The topological polar surface area (TPSA) is 46.6 Å². The maximum absolute atomic E-state index is 13.1. The van der Waals surface area contributed by atoms with Crippen molar-refractivity contribution in [1.29, 1.82) is 0 Å². The molecular formula is C23H19F6NO3. The summed E-state index contributed by atoms with van der Waals surface area (Å²) >= 11 is 0. The quantitative estimate of drug-likeness (QED) is 0.504. The molecule has 0 atom stereocenters. The van der Waals surface area contributed by atoms with E-state index in [1.165, 1.54) is 4.90 Å². The molecule has 0 saturated carbocycles. The van der Waals surface area contributed by atoms with Crippen LogP contribution in [0.3, 0.4) is 0 Å². The molecule has 2 aliphatic rings. The van der Waals surface area contributed by atoms with Gasteiger partial charge in [-0.05, 0) is 37.3 Å². The van der Waals surface area contributed by atoms with Crippen molar-refractivity contribution in [3.8, 4) is 5.75 Å². The van der Waals surface area contributed by atoms with Crippen LogP contribution in [0.15, 0.2) is 36.4 Å². The van der Waals surface area contributed by atoms with Gasteiger partial charge in [0.1, 0.15) is 11.4 Å². The van der Waals surface area contributed by atoms with Crippen LogP contribution < -0.4 is 4.74 Å². The van der Waals surface area contributed by atoms with Crippen LogP contribution >= 0.6 is 0 Å². The fraction of sp³-hybridized carbons (Fsp3) is 0.391. The summed E-state index contributed by atoms with van der Waals surface area (Å²) in [4.78, 5) is 26.6. The van der Waals surface area contributed by atoms with Crippen molar-refractivity contribution >= 4 is 11.7 Å². The van der Waals surface area contributed by atoms with Crippen LogP contribution in [-0.2, 0) is 12.4 Å². The van der Waals surface area contributed by atoms with Gasteiger partial charge >= 0.3 is 12.4 Å². The lowest BCUT2D eigenvalue weighted by Gasteiger charge is -2.44. The monoisotopic (exact) mass is 471 g/mol. The van der Waals surface area contributed by atoms with E-state index in [0.29, 0.717) is 23.4 Å². The van der Waals surface area contributed by atoms with Crippen LogP contribution in [0.4, 0.5) is 26.3 Å². The fourth-order valence-corrected chi connectivity index (χ4v) is 4.27. The van der Waals surface area contributed by atoms with Crippen molar-refractivity contribution in [3.63, 3.8) is 0 Å². The minimum Gasteiger partial charge on any atom is -0.486 e. The number of ketones is 1. The summed E-state index contributed by atoms with van der Waals surface area (Å²) in [5, 5.41) is 0. The van der Waals surface area contributed by atoms with Gasteiger partial charge in [0.05, 0.1) is 23.1 Å². The summed E-state index contributed by atoms with van der Waals surface area (Å²) in [6.07, 6.45) is -9.53. The van der Waals surface area contributed by atoms with Gasteiger partial charge in [-0.1, -0.05) is 11.6 Å². The molecule has 176 valence electrons. The molecule has 0 unspecified atom stereocenters. The number of ether oxygens (including phenoxy) is 1. The van der Waals surface area contributed by atoms with Crippen molar-refractivity contribution < 1.29 is 40.7 Å². The number of nitrogens with zero attached hydrogens (tertiary/aromatic N) is 1. The molecule has 0 bridgehead atoms. The molecule has 4 rings (SSSR count). The van der Waals surface area contributed by atoms with Crippen molar-refractivity contribution in [2.24, 2.45) is 0 Å². The van der Waals surface area contributed by atoms with Gasteiger partial charge in [-0.25, -0.2) is 0 Å². The summed E-state index contributed by atoms with van der Waals surface area (Å²) in [5.41, 5.74) is -3.25. The highest BCUT2D eigenvalue weighted by molar-refractivity contribution is 6.00. The summed E-state index contributed by atoms with van der Waals surface area (Å²) < 4.78 is 84.8. The second-order valence-corrected chi connectivity index (χ2v) is 8.47. The highest BCUT2D eigenvalue weighted by Crippen LogP contribution is 2.41. The molecule has 0 aromatic heterocycles. The number of fused-ring (bicyclic) bond motifs is 1. The number of carbonyl (C=O) groups is 2. The van der Waals surface area contributed by atoms with Crippen molar-refractivity contribution in [2.45, 2.75) is 44.1 Å². The molecule has 2 aliphatic heterocycles. The summed E-state index contributed by atoms with van der Waals surface area (Å²) in [5.74, 6) is -0.601. The highest BCUT2D eigenvalue weighted by atomic mass is 19.4. The molecule has 33 heavy (non-hydrogen) atoms. The number of amides is 1. The first-order valence-corrected chi connectivity index (χ1v) is 10.2. The van der Waals surface area contributed by atoms with Gasteiger partial charge in [0.25, 0.3) is 5.91 Å². The van der Waals surface area contributed by atoms with Crippen LogP contribution in [0.1, 0.15) is 56.7 Å². The third kappa shape index (κ3) is 4.56. The summed E-state index contributed by atoms with van der Waals surface area (Å²) in [6.45, 7) is 1.91. The standard InChI is InChI=1S/C23H19F6NO3/c1-13-2-3-19-17(8-13)18(31)12-21(33-19)4-6-30(7-5-21)20(32)14-9-15(22(24,25)26)11-16(10-14)23(27,28)29/h2-3,8-11H,4-7,12H2,1H3. The third-order valence-corrected chi connectivity index (χ3v) is 6.04. The lowest BCUT2D eigenvalue weighted by Crippen LogP contribution is -2.52. The van der Waals surface area contributed by atoms with E-state index in [1.54, 1.807) is 18.2 Å². The van der Waals surface area contributed by atoms with Gasteiger partial charge in [-0.2, -0.15) is 26.3 Å². The zero-order chi connectivity index (χ0) is 24.2. The van der Waals surface area contributed by atoms with E-state index in [4.69, 9.17) is 4.74 Å². The van der Waals surface area contributed by atoms with E-state index < -0.39 is 40.6 Å². The van der Waals surface area contributed by atoms with Crippen LogP contribution in [0, 0.1) is 6.92 Å². The van der Waals surface area contributed by atoms with Crippen LogP contribution in [0.5, 0.6) is 5.75 Å². The Morgan fingerprint density at radius 2 is 1.52 bits per heavy atom. The SMILES string of the molecule is Cc1ccc2c(c1)C(=O)CC1(CCN(C(=O)c3cc(C(F)(F)F)cc(C(F)(F)F)c3)CC1)O2. The van der Waals surface area contributed by atoms with E-state index in [-0.39, 0.29) is 44.2 Å². The number of piperidine rings is 1. The average molecular weight is 471 g/mol. The second kappa shape index (κ2) is 7.78. The Morgan fingerprint density at radius 1 is 0.939 bits per heavy atom. The van der Waals surface area contributed by atoms with Gasteiger partial charge in [-0.15, -0.1) is 0 Å². The number of benzene rings is 2. The zero-order valence-corrected chi connectivity index (χ0v) is 17.4. The van der Waals surface area contributed by atoms with Gasteiger partial charge in [-0.3, -0.25) is 9.59 Å². The highest BCUT2D eigenvalue weighted by Gasteiger charge is 2.44. The maximum Gasteiger partial charge on any atom is 0.416 e. The number of likely N-dealkylation sites (tertiary alicyclic amines) is 1. The van der Waals surface area contributed by atoms with Gasteiger partial charge in [0.2, 0.25) is 0 Å². The normalized spacial score (nSPS) is 18.2. The molecule has 2 heterocycles. The van der Waals surface area contributed by atoms with Gasteiger partial charge < -0.3 is 9.64 Å². The Bertz CT molecular complexity index is 1080. The van der Waals surface area contributed by atoms with E-state index in [1.807, 2.05) is 6.92 Å². The number of alkyl halides is 6. The summed E-state index contributed by atoms with van der Waals surface area (Å²) in [6, 6.07) is 6.08. The lowest BCUT2D eigenvalue weighted by atomic mass is 9.82. The molecule has 0 radical (unpaired) electrons. The number of rotatable bonds is 1. The molecule has 4 nitrogen and oxygen atoms in total. The Labute approximate surface area is 185 Å². The number of Topliss-reactive ketones (excluding diaryl/α,β-unsaturated/α-hetero) is 1. The van der Waals surface area contributed by atoms with E-state index in [9.17, 15) is 35.9 Å². The molecule has 1 fully saturated rings. The van der Waals surface area contributed by atoms with Crippen LogP contribution in [-0.4, -0.2) is 35.3 Å². The van der Waals surface area contributed by atoms with Gasteiger partial charge in [0, 0.05) is 31.5 Å². The molecule has 2 aromatic rings. The largest absolute Gasteiger partial charge is 0.486 e. The average Bonchev–Trinajstić information content (AvgIpc) is 2.73. The first kappa shape index (κ1) is 23.1. The Kier molecular flexibility index (Phi) is 5.45. The van der Waals surface area contributed by atoms with Crippen LogP contribution in [0.25, 0.3) is 0 Å². The predicted octanol–water partition coefficient (Wildman–Crippen LogP) is 5.67. The molecule has 0 aliphatic carbocycles. The minimum atomic E-state index is -5.04. The Hall–Kier alpha value is -3.04. The Morgan fingerprint density at radius 3 is 2.06 bits per heavy atom. The maximum atomic E-state index is 13.1. The molecule has 1 spiro atoms. The summed E-state index contributed by atoms with van der Waals surface area (Å²) in [7, 11) is 0. The second-order valence-electron chi connectivity index (χ2n) is 8.47. The van der Waals surface area contributed by atoms with Crippen LogP contribution in [0.2, 0.25) is 0 Å². The first-order chi connectivity index (χ1) is 15.3. The Balaban J connectivity index is 1.55. The molecular weight excluding hydrogens is 452 g/mol. The number of hydrogen-bond acceptors (Lipinski definition) is 3. The van der Waals surface area contributed by atoms with Crippen molar-refractivity contribution in [2.75, 3.05) is 13.1 Å². The molecule has 1 amide bonds.